The van der Waals surface area contributed by atoms with Gasteiger partial charge >= 0.3 is 5.97 Å². The number of rotatable bonds is 7. The fourth-order valence-corrected chi connectivity index (χ4v) is 5.74. The van der Waals surface area contributed by atoms with Crippen molar-refractivity contribution in [2.24, 2.45) is 5.92 Å². The zero-order chi connectivity index (χ0) is 27.3. The Kier molecular flexibility index (Phi) is 6.34. The third kappa shape index (κ3) is 4.54. The summed E-state index contributed by atoms with van der Waals surface area (Å²) in [6.45, 7) is 7.23. The topological polar surface area (TPSA) is 160 Å². The maximum Gasteiger partial charge on any atom is 0.314 e. The second-order valence-corrected chi connectivity index (χ2v) is 10.8. The number of fused-ring (bicyclic) bond motifs is 1. The average Bonchev–Trinajstić information content (AvgIpc) is 3.48. The van der Waals surface area contributed by atoms with E-state index >= 15 is 0 Å². The molecule has 5 heterocycles. The van der Waals surface area contributed by atoms with Gasteiger partial charge in [0.1, 0.15) is 11.7 Å². The molecule has 39 heavy (non-hydrogen) atoms. The van der Waals surface area contributed by atoms with Crippen LogP contribution in [-0.2, 0) is 4.79 Å². The molecule has 4 aromatic rings. The van der Waals surface area contributed by atoms with Gasteiger partial charge in [-0.05, 0) is 37.0 Å². The van der Waals surface area contributed by atoms with Crippen LogP contribution in [0.3, 0.4) is 0 Å². The maximum absolute atomic E-state index is 11.6. The SMILES string of the molecule is CC(C)C(C(=O)O)c1cc(N2CC(N3CCC(n4nc(N)c5nnc(-c6ccccc6O)cc54)CC3)C2)no1. The largest absolute Gasteiger partial charge is 0.507 e. The van der Waals surface area contributed by atoms with E-state index < -0.39 is 11.9 Å². The number of carbonyl (C=O) groups is 1. The number of phenols is 1. The highest BCUT2D eigenvalue weighted by atomic mass is 16.5. The third-order valence-electron chi connectivity index (χ3n) is 7.96. The normalized spacial score (nSPS) is 18.1. The van der Waals surface area contributed by atoms with E-state index in [0.29, 0.717) is 40.2 Å². The number of nitrogen functional groups attached to an aromatic ring is 1. The number of hydrogen-bond donors (Lipinski definition) is 3. The number of nitrogens with two attached hydrogens (primary N) is 1. The lowest BCUT2D eigenvalue weighted by molar-refractivity contribution is -0.140. The molecule has 12 nitrogen and oxygen atoms in total. The summed E-state index contributed by atoms with van der Waals surface area (Å²) in [4.78, 5) is 16.2. The quantitative estimate of drug-likeness (QED) is 0.321. The number of para-hydroxylation sites is 1. The molecule has 204 valence electrons. The Morgan fingerprint density at radius 1 is 1.10 bits per heavy atom. The van der Waals surface area contributed by atoms with Gasteiger partial charge in [-0.2, -0.15) is 5.10 Å². The highest BCUT2D eigenvalue weighted by Gasteiger charge is 2.37. The van der Waals surface area contributed by atoms with Gasteiger partial charge in [0.15, 0.2) is 22.9 Å². The highest BCUT2D eigenvalue weighted by Crippen LogP contribution is 2.35. The maximum atomic E-state index is 11.6. The molecule has 2 aliphatic heterocycles. The smallest absolute Gasteiger partial charge is 0.314 e. The summed E-state index contributed by atoms with van der Waals surface area (Å²) in [6.07, 6.45) is 1.84. The number of carboxylic acid groups (broad SMARTS) is 1. The summed E-state index contributed by atoms with van der Waals surface area (Å²) in [6, 6.07) is 11.3. The number of anilines is 2. The number of phenolic OH excluding ortho intramolecular Hbond substituents is 1. The number of benzene rings is 1. The highest BCUT2D eigenvalue weighted by molar-refractivity contribution is 5.87. The number of nitrogens with zero attached hydrogens (tertiary/aromatic N) is 7. The first-order valence-electron chi connectivity index (χ1n) is 13.3. The molecule has 12 heteroatoms. The van der Waals surface area contributed by atoms with Gasteiger partial charge in [-0.15, -0.1) is 10.2 Å². The number of aromatic hydroxyl groups is 1. The van der Waals surface area contributed by atoms with E-state index in [1.165, 1.54) is 0 Å². The van der Waals surface area contributed by atoms with Crippen LogP contribution in [0.25, 0.3) is 22.3 Å². The Morgan fingerprint density at radius 2 is 1.85 bits per heavy atom. The molecule has 1 aromatic carbocycles. The van der Waals surface area contributed by atoms with Crippen molar-refractivity contribution >= 4 is 28.6 Å². The Labute approximate surface area is 225 Å². The summed E-state index contributed by atoms with van der Waals surface area (Å²) >= 11 is 0. The predicted octanol–water partition coefficient (Wildman–Crippen LogP) is 3.12. The van der Waals surface area contributed by atoms with Crippen molar-refractivity contribution in [3.05, 3.63) is 42.2 Å². The van der Waals surface area contributed by atoms with Crippen molar-refractivity contribution < 1.29 is 19.5 Å². The number of hydrogen-bond acceptors (Lipinski definition) is 10. The molecule has 1 unspecified atom stereocenters. The Bertz CT molecular complexity index is 1500. The van der Waals surface area contributed by atoms with Gasteiger partial charge in [0, 0.05) is 43.9 Å². The van der Waals surface area contributed by atoms with Crippen LogP contribution in [0.5, 0.6) is 5.75 Å². The lowest BCUT2D eigenvalue weighted by Crippen LogP contribution is -2.61. The number of aliphatic carboxylic acids is 1. The number of piperidine rings is 1. The van der Waals surface area contributed by atoms with Gasteiger partial charge < -0.3 is 25.4 Å². The summed E-state index contributed by atoms with van der Waals surface area (Å²) in [5.41, 5.74) is 8.77. The van der Waals surface area contributed by atoms with E-state index in [1.807, 2.05) is 36.7 Å². The molecule has 0 spiro atoms. The van der Waals surface area contributed by atoms with Crippen molar-refractivity contribution in [2.45, 2.75) is 44.7 Å². The first-order valence-corrected chi connectivity index (χ1v) is 13.3. The third-order valence-corrected chi connectivity index (χ3v) is 7.96. The molecule has 4 N–H and O–H groups in total. The molecule has 1 atom stereocenters. The molecule has 0 radical (unpaired) electrons. The van der Waals surface area contributed by atoms with Crippen molar-refractivity contribution in [1.82, 2.24) is 30.0 Å². The van der Waals surface area contributed by atoms with Crippen LogP contribution in [0.1, 0.15) is 44.4 Å². The van der Waals surface area contributed by atoms with Gasteiger partial charge in [0.05, 0.1) is 17.3 Å². The summed E-state index contributed by atoms with van der Waals surface area (Å²) < 4.78 is 7.37. The van der Waals surface area contributed by atoms with Crippen LogP contribution in [0.15, 0.2) is 40.9 Å². The minimum absolute atomic E-state index is 0.0832. The van der Waals surface area contributed by atoms with Crippen LogP contribution in [0.2, 0.25) is 0 Å². The van der Waals surface area contributed by atoms with Gasteiger partial charge in [0.2, 0.25) is 0 Å². The van der Waals surface area contributed by atoms with E-state index in [0.717, 1.165) is 44.5 Å². The van der Waals surface area contributed by atoms with Gasteiger partial charge in [-0.25, -0.2) is 0 Å². The molecule has 2 aliphatic rings. The second kappa shape index (κ2) is 9.84. The fraction of sp³-hybridized carbons (Fsp3) is 0.444. The average molecular weight is 533 g/mol. The Morgan fingerprint density at radius 3 is 2.54 bits per heavy atom. The van der Waals surface area contributed by atoms with Crippen LogP contribution < -0.4 is 10.6 Å². The predicted molar refractivity (Wildman–Crippen MR) is 144 cm³/mol. The first-order chi connectivity index (χ1) is 18.8. The van der Waals surface area contributed by atoms with E-state index in [4.69, 9.17) is 10.3 Å². The summed E-state index contributed by atoms with van der Waals surface area (Å²) in [7, 11) is 0. The van der Waals surface area contributed by atoms with E-state index in [-0.39, 0.29) is 17.7 Å². The van der Waals surface area contributed by atoms with E-state index in [2.05, 4.69) is 30.3 Å². The summed E-state index contributed by atoms with van der Waals surface area (Å²) in [5, 5.41) is 37.1. The fourth-order valence-electron chi connectivity index (χ4n) is 5.74. The molecular formula is C27H32N8O4. The van der Waals surface area contributed by atoms with Crippen LogP contribution in [-0.4, -0.2) is 78.4 Å². The van der Waals surface area contributed by atoms with E-state index in [1.54, 1.807) is 18.2 Å². The lowest BCUT2D eigenvalue weighted by atomic mass is 9.93. The number of aromatic nitrogens is 5. The summed E-state index contributed by atoms with van der Waals surface area (Å²) in [5.74, 6) is -0.0780. The molecular weight excluding hydrogens is 500 g/mol. The first kappa shape index (κ1) is 25.1. The van der Waals surface area contributed by atoms with Crippen molar-refractivity contribution in [3.8, 4) is 17.0 Å². The standard InChI is InChI=1S/C27H32N8O4/c1-15(2)24(27(37)38)22-12-23(32-39-22)34-13-17(14-34)33-9-7-16(8-10-33)35-20-11-19(18-5-3-4-6-21(18)36)29-30-25(20)26(28)31-35/h3-6,11-12,15-17,24,36H,7-10,13-14H2,1-2H3,(H2,28,31)(H,37,38). The van der Waals surface area contributed by atoms with Crippen molar-refractivity contribution in [3.63, 3.8) is 0 Å². The Hall–Kier alpha value is -4.19. The van der Waals surface area contributed by atoms with Crippen LogP contribution >= 0.6 is 0 Å². The monoisotopic (exact) mass is 532 g/mol. The molecule has 2 fully saturated rings. The van der Waals surface area contributed by atoms with E-state index in [9.17, 15) is 15.0 Å². The second-order valence-electron chi connectivity index (χ2n) is 10.8. The molecule has 0 amide bonds. The molecule has 0 aliphatic carbocycles. The minimum Gasteiger partial charge on any atom is -0.507 e. The minimum atomic E-state index is -0.898. The lowest BCUT2D eigenvalue weighted by Gasteiger charge is -2.47. The molecule has 3 aromatic heterocycles. The number of carboxylic acids is 1. The van der Waals surface area contributed by atoms with Crippen molar-refractivity contribution in [1.29, 1.82) is 0 Å². The van der Waals surface area contributed by atoms with Gasteiger partial charge in [-0.3, -0.25) is 14.4 Å². The molecule has 2 saturated heterocycles. The van der Waals surface area contributed by atoms with Crippen LogP contribution in [0, 0.1) is 5.92 Å². The van der Waals surface area contributed by atoms with Gasteiger partial charge in [-0.1, -0.05) is 31.1 Å². The zero-order valence-electron chi connectivity index (χ0n) is 21.9. The molecule has 0 saturated carbocycles. The van der Waals surface area contributed by atoms with Gasteiger partial charge in [0.25, 0.3) is 0 Å². The molecule has 6 rings (SSSR count). The zero-order valence-corrected chi connectivity index (χ0v) is 21.9. The van der Waals surface area contributed by atoms with Crippen LogP contribution in [0.4, 0.5) is 11.6 Å². The number of likely N-dealkylation sites (tertiary alicyclic amines) is 1. The molecule has 0 bridgehead atoms. The Balaban J connectivity index is 1.10. The van der Waals surface area contributed by atoms with Crippen molar-refractivity contribution in [2.75, 3.05) is 36.8 Å².